The molecule has 0 radical (unpaired) electrons. The van der Waals surface area contributed by atoms with Gasteiger partial charge >= 0.3 is 0 Å². The third-order valence-corrected chi connectivity index (χ3v) is 2.14. The molecule has 9 heavy (non-hydrogen) atoms. The monoisotopic (exact) mass is 238 g/mol. The fourth-order valence-electron chi connectivity index (χ4n) is 0.398. The van der Waals surface area contributed by atoms with Gasteiger partial charge in [-0.25, -0.2) is 0 Å². The minimum Gasteiger partial charge on any atom is -0.0751 e. The second kappa shape index (κ2) is 3.59. The van der Waals surface area contributed by atoms with Crippen LogP contribution in [0.25, 0.3) is 0 Å². The molecule has 0 N–H and O–H groups in total. The van der Waals surface area contributed by atoms with Crippen LogP contribution < -0.4 is 0 Å². The minimum absolute atomic E-state index is 0.418. The van der Waals surface area contributed by atoms with Crippen LogP contribution in [-0.4, -0.2) is 0 Å². The van der Waals surface area contributed by atoms with E-state index in [1.54, 1.807) is 0 Å². The van der Waals surface area contributed by atoms with E-state index in [2.05, 4.69) is 60.4 Å². The fourth-order valence-corrected chi connectivity index (χ4v) is 1.02. The highest BCUT2D eigenvalue weighted by Gasteiger charge is 2.16. The molecule has 0 fully saturated rings. The van der Waals surface area contributed by atoms with E-state index in [0.29, 0.717) is 11.3 Å². The summed E-state index contributed by atoms with van der Waals surface area (Å²) in [5, 5.41) is 0. The molecule has 54 valence electrons. The number of hydrogen-bond acceptors (Lipinski definition) is 0. The minimum atomic E-state index is 0.418. The Morgan fingerprint density at radius 1 is 1.33 bits per heavy atom. The molecule has 0 aliphatic carbocycles. The van der Waals surface area contributed by atoms with Crippen molar-refractivity contribution in [2.24, 2.45) is 11.3 Å². The van der Waals surface area contributed by atoms with Gasteiger partial charge in [-0.1, -0.05) is 56.4 Å². The zero-order chi connectivity index (χ0) is 7.49. The maximum Gasteiger partial charge on any atom is -0.0206 e. The van der Waals surface area contributed by atoms with Crippen molar-refractivity contribution in [3.05, 3.63) is 10.2 Å². The van der Waals surface area contributed by atoms with Crippen LogP contribution >= 0.6 is 22.6 Å². The van der Waals surface area contributed by atoms with Crippen molar-refractivity contribution in [2.45, 2.75) is 27.7 Å². The molecule has 0 rings (SSSR count). The van der Waals surface area contributed by atoms with E-state index >= 15 is 0 Å². The van der Waals surface area contributed by atoms with Gasteiger partial charge in [0.1, 0.15) is 0 Å². The molecule has 0 spiro atoms. The molecule has 0 saturated heterocycles. The van der Waals surface area contributed by atoms with Crippen LogP contribution in [0.5, 0.6) is 0 Å². The predicted octanol–water partition coefficient (Wildman–Crippen LogP) is 3.62. The zero-order valence-electron chi connectivity index (χ0n) is 6.61. The molecular formula is C8H15I. The van der Waals surface area contributed by atoms with Crippen LogP contribution in [0.2, 0.25) is 0 Å². The van der Waals surface area contributed by atoms with Crippen molar-refractivity contribution in [3.63, 3.8) is 0 Å². The Hall–Kier alpha value is 0.470. The first kappa shape index (κ1) is 9.47. The van der Waals surface area contributed by atoms with Crippen LogP contribution in [0.3, 0.4) is 0 Å². The summed E-state index contributed by atoms with van der Waals surface area (Å²) >= 11 is 2.26. The molecule has 1 atom stereocenters. The largest absolute Gasteiger partial charge is 0.0751 e. The smallest absolute Gasteiger partial charge is 0.0206 e. The average molecular weight is 238 g/mol. The summed E-state index contributed by atoms with van der Waals surface area (Å²) < 4.78 is 2.09. The van der Waals surface area contributed by atoms with E-state index in [0.717, 1.165) is 0 Å². The third-order valence-electron chi connectivity index (χ3n) is 1.73. The number of rotatable bonds is 1. The Labute approximate surface area is 71.9 Å². The molecule has 0 aromatic carbocycles. The lowest BCUT2D eigenvalue weighted by Crippen LogP contribution is -2.14. The summed E-state index contributed by atoms with van der Waals surface area (Å²) in [5.41, 5.74) is 0.418. The van der Waals surface area contributed by atoms with Gasteiger partial charge in [-0.3, -0.25) is 0 Å². The first-order chi connectivity index (χ1) is 3.98. The van der Waals surface area contributed by atoms with Crippen LogP contribution in [0.15, 0.2) is 10.2 Å². The van der Waals surface area contributed by atoms with Crippen molar-refractivity contribution < 1.29 is 0 Å². The predicted molar refractivity (Wildman–Crippen MR) is 51.8 cm³/mol. The van der Waals surface area contributed by atoms with Crippen molar-refractivity contribution in [3.8, 4) is 0 Å². The standard InChI is InChI=1S/C8H15I/c1-7(5-6-9)8(2,3)4/h5-7H,1-4H3/b6-5-/t7-/m0/s1. The second-order valence-corrected chi connectivity index (χ2v) is 4.19. The van der Waals surface area contributed by atoms with Crippen LogP contribution in [0, 0.1) is 11.3 Å². The van der Waals surface area contributed by atoms with E-state index in [1.165, 1.54) is 0 Å². The Morgan fingerprint density at radius 2 is 1.78 bits per heavy atom. The Balaban J connectivity index is 3.88. The Morgan fingerprint density at radius 3 is 1.89 bits per heavy atom. The van der Waals surface area contributed by atoms with Crippen LogP contribution in [0.4, 0.5) is 0 Å². The molecule has 0 nitrogen and oxygen atoms in total. The van der Waals surface area contributed by atoms with Gasteiger partial charge in [-0.15, -0.1) is 0 Å². The summed E-state index contributed by atoms with van der Waals surface area (Å²) in [6.45, 7) is 9.02. The summed E-state index contributed by atoms with van der Waals surface area (Å²) in [6.07, 6.45) is 2.24. The molecule has 1 heteroatoms. The summed E-state index contributed by atoms with van der Waals surface area (Å²) in [6, 6.07) is 0. The van der Waals surface area contributed by atoms with Gasteiger partial charge < -0.3 is 0 Å². The maximum atomic E-state index is 2.26. The quantitative estimate of drug-likeness (QED) is 0.612. The van der Waals surface area contributed by atoms with E-state index in [4.69, 9.17) is 0 Å². The van der Waals surface area contributed by atoms with Gasteiger partial charge in [0, 0.05) is 0 Å². The van der Waals surface area contributed by atoms with Crippen molar-refractivity contribution in [1.29, 1.82) is 0 Å². The highest BCUT2D eigenvalue weighted by atomic mass is 127. The van der Waals surface area contributed by atoms with Gasteiger partial charge in [-0.2, -0.15) is 0 Å². The van der Waals surface area contributed by atoms with Crippen LogP contribution in [-0.2, 0) is 0 Å². The number of halogens is 1. The lowest BCUT2D eigenvalue weighted by Gasteiger charge is -2.23. The highest BCUT2D eigenvalue weighted by molar-refractivity contribution is 14.1. The summed E-state index contributed by atoms with van der Waals surface area (Å²) in [4.78, 5) is 0. The average Bonchev–Trinajstić information content (AvgIpc) is 1.64. The summed E-state index contributed by atoms with van der Waals surface area (Å²) in [7, 11) is 0. The molecule has 0 heterocycles. The molecule has 0 amide bonds. The van der Waals surface area contributed by atoms with Gasteiger partial charge in [0.25, 0.3) is 0 Å². The molecule has 0 unspecified atom stereocenters. The van der Waals surface area contributed by atoms with E-state index in [-0.39, 0.29) is 0 Å². The maximum absolute atomic E-state index is 2.26. The SMILES string of the molecule is C[C@@H](/C=C\I)C(C)(C)C. The molecule has 0 aliphatic heterocycles. The van der Waals surface area contributed by atoms with E-state index in [1.807, 2.05) is 0 Å². The Kier molecular flexibility index (Phi) is 3.78. The topological polar surface area (TPSA) is 0 Å². The van der Waals surface area contributed by atoms with Gasteiger partial charge in [0.05, 0.1) is 0 Å². The second-order valence-electron chi connectivity index (χ2n) is 3.47. The van der Waals surface area contributed by atoms with E-state index < -0.39 is 0 Å². The Bertz CT molecular complexity index is 97.6. The fraction of sp³-hybridized carbons (Fsp3) is 0.750. The lowest BCUT2D eigenvalue weighted by atomic mass is 9.82. The highest BCUT2D eigenvalue weighted by Crippen LogP contribution is 2.26. The third kappa shape index (κ3) is 3.95. The first-order valence-corrected chi connectivity index (χ1v) is 4.50. The number of hydrogen-bond donors (Lipinski definition) is 0. The van der Waals surface area contributed by atoms with Crippen molar-refractivity contribution >= 4 is 22.6 Å². The lowest BCUT2D eigenvalue weighted by molar-refractivity contribution is 0.315. The van der Waals surface area contributed by atoms with Gasteiger partial charge in [0.15, 0.2) is 0 Å². The molecular weight excluding hydrogens is 223 g/mol. The van der Waals surface area contributed by atoms with E-state index in [9.17, 15) is 0 Å². The van der Waals surface area contributed by atoms with Crippen molar-refractivity contribution in [1.82, 2.24) is 0 Å². The van der Waals surface area contributed by atoms with Gasteiger partial charge in [0.2, 0.25) is 0 Å². The molecule has 0 aliphatic rings. The molecule has 0 bridgehead atoms. The molecule has 0 aromatic rings. The molecule has 0 aromatic heterocycles. The molecule has 0 saturated carbocycles. The zero-order valence-corrected chi connectivity index (χ0v) is 8.77. The first-order valence-electron chi connectivity index (χ1n) is 3.25. The van der Waals surface area contributed by atoms with Gasteiger partial charge in [-0.05, 0) is 15.4 Å². The van der Waals surface area contributed by atoms with Crippen LogP contribution in [0.1, 0.15) is 27.7 Å². The number of allylic oxidation sites excluding steroid dienone is 1. The normalized spacial score (nSPS) is 16.6. The summed E-state index contributed by atoms with van der Waals surface area (Å²) in [5.74, 6) is 0.675. The van der Waals surface area contributed by atoms with Crippen molar-refractivity contribution in [2.75, 3.05) is 0 Å².